The number of hydrogen-bond donors (Lipinski definition) is 2. The first-order valence-corrected chi connectivity index (χ1v) is 14.4. The summed E-state index contributed by atoms with van der Waals surface area (Å²) in [6.07, 6.45) is 2.03. The standard InChI is InChI=1S/C29H29FN2O6S/c1-17(33)16-32(39(3,35)36)25-15-26-24(14-23(25)18-4-5-18)27(29(34)31-2)28(38-26)19-6-10-21(11-7-19)37-22-12-8-20(30)9-13-22/h6-15,17-18,33H,4-5,16H2,1-3H3,(H,31,34). The molecular weight excluding hydrogens is 523 g/mol. The van der Waals surface area contributed by atoms with Crippen molar-refractivity contribution >= 4 is 32.6 Å². The zero-order chi connectivity index (χ0) is 27.9. The van der Waals surface area contributed by atoms with Crippen LogP contribution in [0.25, 0.3) is 22.3 Å². The first-order chi connectivity index (χ1) is 18.5. The number of rotatable bonds is 9. The van der Waals surface area contributed by atoms with Crippen molar-refractivity contribution < 1.29 is 31.9 Å². The van der Waals surface area contributed by atoms with Gasteiger partial charge in [0.15, 0.2) is 0 Å². The highest BCUT2D eigenvalue weighted by molar-refractivity contribution is 7.92. The molecule has 0 spiro atoms. The zero-order valence-electron chi connectivity index (χ0n) is 21.8. The van der Waals surface area contributed by atoms with Crippen molar-refractivity contribution in [1.29, 1.82) is 0 Å². The number of sulfonamides is 1. The van der Waals surface area contributed by atoms with E-state index in [1.807, 2.05) is 6.07 Å². The second kappa shape index (κ2) is 10.3. The van der Waals surface area contributed by atoms with Crippen LogP contribution in [0, 0.1) is 5.82 Å². The Bertz CT molecular complexity index is 1630. The van der Waals surface area contributed by atoms with Gasteiger partial charge in [0.2, 0.25) is 10.0 Å². The third kappa shape index (κ3) is 5.62. The van der Waals surface area contributed by atoms with Crippen LogP contribution in [-0.2, 0) is 10.0 Å². The minimum atomic E-state index is -3.70. The maximum atomic E-state index is 13.2. The van der Waals surface area contributed by atoms with E-state index in [9.17, 15) is 22.7 Å². The van der Waals surface area contributed by atoms with Crippen LogP contribution in [0.2, 0.25) is 0 Å². The number of amides is 1. The van der Waals surface area contributed by atoms with Crippen LogP contribution >= 0.6 is 0 Å². The van der Waals surface area contributed by atoms with E-state index in [1.54, 1.807) is 30.3 Å². The SMILES string of the molecule is CNC(=O)c1c(-c2ccc(Oc3ccc(F)cc3)cc2)oc2cc(N(CC(C)O)S(C)(=O)=O)c(C3CC3)cc12. The molecule has 204 valence electrons. The van der Waals surface area contributed by atoms with Gasteiger partial charge in [-0.15, -0.1) is 0 Å². The Morgan fingerprint density at radius 2 is 1.74 bits per heavy atom. The van der Waals surface area contributed by atoms with Crippen molar-refractivity contribution in [3.63, 3.8) is 0 Å². The molecule has 1 fully saturated rings. The first-order valence-electron chi connectivity index (χ1n) is 12.6. The molecule has 8 nitrogen and oxygen atoms in total. The summed E-state index contributed by atoms with van der Waals surface area (Å²) in [4.78, 5) is 13.1. The molecule has 39 heavy (non-hydrogen) atoms. The van der Waals surface area contributed by atoms with Crippen molar-refractivity contribution in [3.05, 3.63) is 77.6 Å². The number of aliphatic hydroxyl groups excluding tert-OH is 1. The Morgan fingerprint density at radius 3 is 2.28 bits per heavy atom. The van der Waals surface area contributed by atoms with Crippen LogP contribution < -0.4 is 14.4 Å². The topological polar surface area (TPSA) is 109 Å². The fourth-order valence-electron chi connectivity index (χ4n) is 4.61. The van der Waals surface area contributed by atoms with Crippen molar-refractivity contribution in [3.8, 4) is 22.8 Å². The molecule has 1 heterocycles. The Morgan fingerprint density at radius 1 is 1.13 bits per heavy atom. The summed E-state index contributed by atoms with van der Waals surface area (Å²) < 4.78 is 51.8. The fourth-order valence-corrected chi connectivity index (χ4v) is 5.61. The molecule has 1 aliphatic rings. The second-order valence-electron chi connectivity index (χ2n) is 9.79. The number of furan rings is 1. The number of carbonyl (C=O) groups excluding carboxylic acids is 1. The molecule has 1 unspecified atom stereocenters. The number of fused-ring (bicyclic) bond motifs is 1. The highest BCUT2D eigenvalue weighted by atomic mass is 32.2. The zero-order valence-corrected chi connectivity index (χ0v) is 22.6. The third-order valence-corrected chi connectivity index (χ3v) is 7.72. The largest absolute Gasteiger partial charge is 0.457 e. The van der Waals surface area contributed by atoms with Crippen LogP contribution in [-0.4, -0.2) is 45.4 Å². The van der Waals surface area contributed by atoms with Gasteiger partial charge in [-0.2, -0.15) is 0 Å². The van der Waals surface area contributed by atoms with Crippen molar-refractivity contribution in [2.24, 2.45) is 0 Å². The number of benzene rings is 3. The molecule has 4 aromatic rings. The van der Waals surface area contributed by atoms with Gasteiger partial charge in [0.25, 0.3) is 5.91 Å². The number of anilines is 1. The van der Waals surface area contributed by atoms with Crippen LogP contribution in [0.4, 0.5) is 10.1 Å². The molecule has 1 amide bonds. The average Bonchev–Trinajstić information content (AvgIpc) is 3.67. The Kier molecular flexibility index (Phi) is 7.09. The summed E-state index contributed by atoms with van der Waals surface area (Å²) in [5.74, 6) is 0.783. The van der Waals surface area contributed by atoms with Gasteiger partial charge in [-0.05, 0) is 85.8 Å². The lowest BCUT2D eigenvalue weighted by molar-refractivity contribution is 0.0964. The van der Waals surface area contributed by atoms with E-state index >= 15 is 0 Å². The molecule has 0 aliphatic heterocycles. The number of halogens is 1. The van der Waals surface area contributed by atoms with Crippen molar-refractivity contribution in [2.45, 2.75) is 31.8 Å². The molecule has 10 heteroatoms. The number of aliphatic hydroxyl groups is 1. The minimum Gasteiger partial charge on any atom is -0.457 e. The van der Waals surface area contributed by atoms with Crippen molar-refractivity contribution in [1.82, 2.24) is 5.32 Å². The van der Waals surface area contributed by atoms with Gasteiger partial charge in [0, 0.05) is 24.1 Å². The summed E-state index contributed by atoms with van der Waals surface area (Å²) in [6.45, 7) is 1.43. The molecule has 0 bridgehead atoms. The maximum Gasteiger partial charge on any atom is 0.255 e. The summed E-state index contributed by atoms with van der Waals surface area (Å²) in [6, 6.07) is 16.1. The van der Waals surface area contributed by atoms with Crippen LogP contribution in [0.15, 0.2) is 65.1 Å². The Balaban J connectivity index is 1.61. The van der Waals surface area contributed by atoms with Crippen molar-refractivity contribution in [2.75, 3.05) is 24.2 Å². The van der Waals surface area contributed by atoms with E-state index in [1.165, 1.54) is 42.5 Å². The molecule has 1 saturated carbocycles. The molecule has 1 aromatic heterocycles. The number of nitrogens with one attached hydrogen (secondary N) is 1. The van der Waals surface area contributed by atoms with Crippen LogP contribution in [0.3, 0.4) is 0 Å². The molecule has 1 atom stereocenters. The molecule has 1 aliphatic carbocycles. The van der Waals surface area contributed by atoms with Crippen LogP contribution in [0.1, 0.15) is 41.6 Å². The lowest BCUT2D eigenvalue weighted by Crippen LogP contribution is -2.36. The minimum absolute atomic E-state index is 0.102. The fraction of sp³-hybridized carbons (Fsp3) is 0.276. The smallest absolute Gasteiger partial charge is 0.255 e. The second-order valence-corrected chi connectivity index (χ2v) is 11.7. The number of nitrogens with zero attached hydrogens (tertiary/aromatic N) is 1. The lowest BCUT2D eigenvalue weighted by Gasteiger charge is -2.26. The first kappa shape index (κ1) is 26.7. The molecule has 0 radical (unpaired) electrons. The van der Waals surface area contributed by atoms with Gasteiger partial charge in [-0.3, -0.25) is 9.10 Å². The van der Waals surface area contributed by atoms with Gasteiger partial charge in [0.1, 0.15) is 28.7 Å². The molecular formula is C29H29FN2O6S. The van der Waals surface area contributed by atoms with E-state index in [0.29, 0.717) is 45.0 Å². The van der Waals surface area contributed by atoms with Gasteiger partial charge in [-0.1, -0.05) is 0 Å². The van der Waals surface area contributed by atoms with Gasteiger partial charge >= 0.3 is 0 Å². The summed E-state index contributed by atoms with van der Waals surface area (Å²) in [5, 5.41) is 13.3. The summed E-state index contributed by atoms with van der Waals surface area (Å²) >= 11 is 0. The number of ether oxygens (including phenoxy) is 1. The lowest BCUT2D eigenvalue weighted by atomic mass is 10.0. The maximum absolute atomic E-state index is 13.2. The average molecular weight is 553 g/mol. The summed E-state index contributed by atoms with van der Waals surface area (Å²) in [5.41, 5.74) is 2.56. The van der Waals surface area contributed by atoms with Gasteiger partial charge in [-0.25, -0.2) is 12.8 Å². The van der Waals surface area contributed by atoms with Crippen LogP contribution in [0.5, 0.6) is 11.5 Å². The quantitative estimate of drug-likeness (QED) is 0.287. The van der Waals surface area contributed by atoms with E-state index in [0.717, 1.165) is 24.7 Å². The predicted molar refractivity (Wildman–Crippen MR) is 147 cm³/mol. The highest BCUT2D eigenvalue weighted by Gasteiger charge is 2.33. The monoisotopic (exact) mass is 552 g/mol. The molecule has 3 aromatic carbocycles. The Hall–Kier alpha value is -3.89. The Labute approximate surface area is 226 Å². The summed E-state index contributed by atoms with van der Waals surface area (Å²) in [7, 11) is -2.17. The number of carbonyl (C=O) groups is 1. The van der Waals surface area contributed by atoms with E-state index < -0.39 is 16.1 Å². The van der Waals surface area contributed by atoms with E-state index in [4.69, 9.17) is 9.15 Å². The van der Waals surface area contributed by atoms with Gasteiger partial charge in [0.05, 0.1) is 30.2 Å². The highest BCUT2D eigenvalue weighted by Crippen LogP contribution is 2.48. The van der Waals surface area contributed by atoms with E-state index in [-0.39, 0.29) is 24.2 Å². The normalized spacial score (nSPS) is 14.3. The molecule has 5 rings (SSSR count). The predicted octanol–water partition coefficient (Wildman–Crippen LogP) is 5.42. The number of hydrogen-bond acceptors (Lipinski definition) is 6. The third-order valence-electron chi connectivity index (χ3n) is 6.57. The molecule has 2 N–H and O–H groups in total. The van der Waals surface area contributed by atoms with E-state index in [2.05, 4.69) is 5.32 Å². The van der Waals surface area contributed by atoms with Gasteiger partial charge < -0.3 is 19.6 Å². The molecule has 0 saturated heterocycles.